The van der Waals surface area contributed by atoms with Gasteiger partial charge in [0.2, 0.25) is 0 Å². The van der Waals surface area contributed by atoms with Crippen LogP contribution in [0.1, 0.15) is 6.92 Å². The predicted molar refractivity (Wildman–Crippen MR) is 30.9 cm³/mol. The number of aliphatic hydroxyl groups is 3. The van der Waals surface area contributed by atoms with Crippen LogP contribution in [-0.2, 0) is 4.57 Å². The second-order valence-electron chi connectivity index (χ2n) is 1.95. The van der Waals surface area contributed by atoms with E-state index in [-0.39, 0.29) is 0 Å². The van der Waals surface area contributed by atoms with Crippen molar-refractivity contribution in [1.29, 1.82) is 0 Å². The Morgan fingerprint density at radius 2 is 1.60 bits per heavy atom. The molecule has 0 amide bonds. The van der Waals surface area contributed by atoms with E-state index >= 15 is 0 Å². The van der Waals surface area contributed by atoms with Crippen molar-refractivity contribution < 1.29 is 29.7 Å². The van der Waals surface area contributed by atoms with Crippen LogP contribution < -0.4 is 0 Å². The average molecular weight is 172 g/mol. The molecule has 0 heterocycles. The van der Waals surface area contributed by atoms with Gasteiger partial charge in [0.05, 0.1) is 0 Å². The molecular formula is C3H9O6P. The van der Waals surface area contributed by atoms with Crippen molar-refractivity contribution >= 4 is 7.60 Å². The summed E-state index contributed by atoms with van der Waals surface area (Å²) in [4.78, 5) is 16.5. The van der Waals surface area contributed by atoms with Gasteiger partial charge in [-0.2, -0.15) is 0 Å². The largest absolute Gasteiger partial charge is 0.343 e. The second kappa shape index (κ2) is 2.58. The number of hydrogen-bond acceptors (Lipinski definition) is 4. The number of hydrogen-bond donors (Lipinski definition) is 5. The van der Waals surface area contributed by atoms with Gasteiger partial charge in [-0.3, -0.25) is 4.57 Å². The normalized spacial score (nSPS) is 17.0. The molecule has 0 bridgehead atoms. The molecule has 0 rings (SSSR count). The summed E-state index contributed by atoms with van der Waals surface area (Å²) < 4.78 is 10.2. The van der Waals surface area contributed by atoms with Gasteiger partial charge in [0.15, 0.2) is 0 Å². The molecule has 0 radical (unpaired) electrons. The molecule has 62 valence electrons. The molecule has 0 aromatic heterocycles. The van der Waals surface area contributed by atoms with Gasteiger partial charge in [0, 0.05) is 0 Å². The first kappa shape index (κ1) is 10.0. The topological polar surface area (TPSA) is 118 Å². The molecule has 0 saturated carbocycles. The minimum atomic E-state index is -4.63. The molecule has 1 atom stereocenters. The van der Waals surface area contributed by atoms with Crippen molar-refractivity contribution in [1.82, 2.24) is 0 Å². The second-order valence-corrected chi connectivity index (χ2v) is 3.91. The van der Waals surface area contributed by atoms with Gasteiger partial charge in [0.25, 0.3) is 5.97 Å². The zero-order chi connectivity index (χ0) is 8.58. The summed E-state index contributed by atoms with van der Waals surface area (Å²) in [6, 6.07) is 0. The molecule has 0 aromatic carbocycles. The molecule has 7 heteroatoms. The van der Waals surface area contributed by atoms with Gasteiger partial charge >= 0.3 is 7.60 Å². The van der Waals surface area contributed by atoms with Crippen molar-refractivity contribution in [3.8, 4) is 0 Å². The van der Waals surface area contributed by atoms with E-state index in [1.54, 1.807) is 0 Å². The summed E-state index contributed by atoms with van der Waals surface area (Å²) >= 11 is 0. The molecule has 0 aliphatic rings. The van der Waals surface area contributed by atoms with Gasteiger partial charge in [-0.15, -0.1) is 0 Å². The Balaban J connectivity index is 4.39. The van der Waals surface area contributed by atoms with Crippen molar-refractivity contribution in [2.24, 2.45) is 0 Å². The van der Waals surface area contributed by atoms with Crippen LogP contribution in [0.15, 0.2) is 0 Å². The van der Waals surface area contributed by atoms with Crippen LogP contribution >= 0.6 is 7.60 Å². The van der Waals surface area contributed by atoms with E-state index in [4.69, 9.17) is 25.1 Å². The highest BCUT2D eigenvalue weighted by atomic mass is 31.2. The molecule has 0 aromatic rings. The summed E-state index contributed by atoms with van der Waals surface area (Å²) in [6.45, 7) is 0.820. The maximum absolute atomic E-state index is 10.2. The molecule has 0 aliphatic carbocycles. The molecule has 10 heavy (non-hydrogen) atoms. The Kier molecular flexibility index (Phi) is 2.59. The van der Waals surface area contributed by atoms with Gasteiger partial charge in [0.1, 0.15) is 5.66 Å². The summed E-state index contributed by atoms with van der Waals surface area (Å²) in [7, 11) is -4.63. The van der Waals surface area contributed by atoms with E-state index in [0.717, 1.165) is 6.92 Å². The van der Waals surface area contributed by atoms with Crippen LogP contribution in [0.4, 0.5) is 0 Å². The van der Waals surface area contributed by atoms with Crippen molar-refractivity contribution in [3.63, 3.8) is 0 Å². The molecule has 6 nitrogen and oxygen atoms in total. The SMILES string of the molecule is CC(C(O)(O)O)P(=O)(O)O. The average Bonchev–Trinajstić information content (AvgIpc) is 1.59. The van der Waals surface area contributed by atoms with E-state index in [9.17, 15) is 4.57 Å². The molecule has 0 saturated heterocycles. The van der Waals surface area contributed by atoms with Crippen LogP contribution in [0.3, 0.4) is 0 Å². The van der Waals surface area contributed by atoms with E-state index in [1.165, 1.54) is 0 Å². The standard InChI is InChI=1S/C3H9O6P/c1-2(3(4,5)6)10(7,8)9/h2,4-6H,1H3,(H2,7,8,9). The highest BCUT2D eigenvalue weighted by molar-refractivity contribution is 7.52. The van der Waals surface area contributed by atoms with Crippen molar-refractivity contribution in [3.05, 3.63) is 0 Å². The Morgan fingerprint density at radius 3 is 1.60 bits per heavy atom. The summed E-state index contributed by atoms with van der Waals surface area (Å²) in [5, 5.41) is 24.7. The Hall–Kier alpha value is 0.0300. The Labute approximate surface area is 56.9 Å². The first-order valence-electron chi connectivity index (χ1n) is 2.38. The van der Waals surface area contributed by atoms with Gasteiger partial charge in [-0.05, 0) is 6.92 Å². The van der Waals surface area contributed by atoms with Crippen LogP contribution in [0, 0.1) is 0 Å². The monoisotopic (exact) mass is 172 g/mol. The molecular weight excluding hydrogens is 163 g/mol. The fourth-order valence-electron chi connectivity index (χ4n) is 0.226. The van der Waals surface area contributed by atoms with Crippen LogP contribution in [0.5, 0.6) is 0 Å². The lowest BCUT2D eigenvalue weighted by molar-refractivity contribution is -0.310. The van der Waals surface area contributed by atoms with E-state index in [0.29, 0.717) is 0 Å². The molecule has 1 unspecified atom stereocenters. The Bertz CT molecular complexity index is 153. The molecule has 5 N–H and O–H groups in total. The third kappa shape index (κ3) is 2.74. The van der Waals surface area contributed by atoms with Gasteiger partial charge in [-0.25, -0.2) is 0 Å². The minimum absolute atomic E-state index is 0.820. The van der Waals surface area contributed by atoms with E-state index in [1.807, 2.05) is 0 Å². The lowest BCUT2D eigenvalue weighted by Gasteiger charge is -2.22. The summed E-state index contributed by atoms with van der Waals surface area (Å²) in [6.07, 6.45) is 0. The van der Waals surface area contributed by atoms with Crippen molar-refractivity contribution in [2.45, 2.75) is 18.6 Å². The predicted octanol–water partition coefficient (Wildman–Crippen LogP) is -1.82. The lowest BCUT2D eigenvalue weighted by Crippen LogP contribution is -2.39. The summed E-state index contributed by atoms with van der Waals surface area (Å²) in [5.74, 6) is -3.32. The van der Waals surface area contributed by atoms with Crippen LogP contribution in [0.25, 0.3) is 0 Å². The highest BCUT2D eigenvalue weighted by Gasteiger charge is 2.41. The van der Waals surface area contributed by atoms with E-state index in [2.05, 4.69) is 0 Å². The third-order valence-electron chi connectivity index (χ3n) is 1.07. The fourth-order valence-corrected chi connectivity index (χ4v) is 0.677. The zero-order valence-corrected chi connectivity index (χ0v) is 6.06. The number of rotatable bonds is 2. The van der Waals surface area contributed by atoms with Crippen molar-refractivity contribution in [2.75, 3.05) is 0 Å². The molecule has 0 aliphatic heterocycles. The van der Waals surface area contributed by atoms with Gasteiger partial charge in [-0.1, -0.05) is 0 Å². The summed E-state index contributed by atoms with van der Waals surface area (Å²) in [5.41, 5.74) is -1.90. The van der Waals surface area contributed by atoms with E-state index < -0.39 is 19.2 Å². The molecule has 0 spiro atoms. The highest BCUT2D eigenvalue weighted by Crippen LogP contribution is 2.44. The first-order valence-corrected chi connectivity index (χ1v) is 4.06. The molecule has 0 fully saturated rings. The third-order valence-corrected chi connectivity index (χ3v) is 2.42. The quantitative estimate of drug-likeness (QED) is 0.247. The van der Waals surface area contributed by atoms with Crippen LogP contribution in [0.2, 0.25) is 0 Å². The lowest BCUT2D eigenvalue weighted by atomic mass is 10.4. The first-order chi connectivity index (χ1) is 4.15. The maximum atomic E-state index is 10.2. The Morgan fingerprint density at radius 1 is 1.30 bits per heavy atom. The minimum Gasteiger partial charge on any atom is -0.343 e. The maximum Gasteiger partial charge on any atom is 0.336 e. The van der Waals surface area contributed by atoms with Gasteiger partial charge < -0.3 is 25.1 Å². The van der Waals surface area contributed by atoms with Crippen LogP contribution in [-0.4, -0.2) is 36.7 Å². The smallest absolute Gasteiger partial charge is 0.336 e. The fraction of sp³-hybridized carbons (Fsp3) is 1.00. The zero-order valence-electron chi connectivity index (χ0n) is 5.17.